The maximum absolute atomic E-state index is 13.6. The van der Waals surface area contributed by atoms with Gasteiger partial charge in [-0.3, -0.25) is 14.5 Å². The minimum absolute atomic E-state index is 0.0807. The van der Waals surface area contributed by atoms with Crippen LogP contribution >= 0.6 is 0 Å². The lowest BCUT2D eigenvalue weighted by molar-refractivity contribution is -0.138. The van der Waals surface area contributed by atoms with Gasteiger partial charge in [-0.25, -0.2) is 0 Å². The minimum Gasteiger partial charge on any atom is -0.494 e. The summed E-state index contributed by atoms with van der Waals surface area (Å²) in [5.41, 5.74) is 3.63. The van der Waals surface area contributed by atoms with Crippen molar-refractivity contribution < 1.29 is 19.4 Å². The predicted molar refractivity (Wildman–Crippen MR) is 123 cm³/mol. The molecule has 0 bridgehead atoms. The van der Waals surface area contributed by atoms with Crippen LogP contribution in [0.3, 0.4) is 0 Å². The van der Waals surface area contributed by atoms with Gasteiger partial charge in [-0.2, -0.15) is 0 Å². The number of aliphatic hydroxyl groups is 1. The number of carbonyl (C=O) groups is 2. The van der Waals surface area contributed by atoms with Crippen molar-refractivity contribution in [2.24, 2.45) is 5.92 Å². The summed E-state index contributed by atoms with van der Waals surface area (Å²) in [5.74, 6) is 0.288. The molecule has 0 aliphatic carbocycles. The molecule has 4 rings (SSSR count). The quantitative estimate of drug-likeness (QED) is 0.677. The topological polar surface area (TPSA) is 70.1 Å². The van der Waals surface area contributed by atoms with Crippen LogP contribution in [0.15, 0.2) is 54.2 Å². The SMILES string of the molecule is CCOc1ccc(C2=C(N3CCCC(CO)C3)C(=O)N(Cc3ccc(C)cc3)C2=O)cc1. The molecule has 1 atom stereocenters. The highest BCUT2D eigenvalue weighted by Crippen LogP contribution is 2.35. The van der Waals surface area contributed by atoms with E-state index in [1.165, 1.54) is 4.90 Å². The number of amides is 2. The van der Waals surface area contributed by atoms with Gasteiger partial charge in [0.1, 0.15) is 11.4 Å². The van der Waals surface area contributed by atoms with Gasteiger partial charge in [0.15, 0.2) is 0 Å². The number of benzene rings is 2. The molecule has 2 heterocycles. The number of hydrogen-bond donors (Lipinski definition) is 1. The van der Waals surface area contributed by atoms with Gasteiger partial charge in [0.2, 0.25) is 0 Å². The van der Waals surface area contributed by atoms with E-state index in [0.29, 0.717) is 36.5 Å². The van der Waals surface area contributed by atoms with E-state index in [9.17, 15) is 14.7 Å². The second kappa shape index (κ2) is 9.57. The van der Waals surface area contributed by atoms with Crippen molar-refractivity contribution in [1.29, 1.82) is 0 Å². The van der Waals surface area contributed by atoms with E-state index in [1.807, 2.05) is 67.3 Å². The molecule has 2 amide bonds. The fraction of sp³-hybridized carbons (Fsp3) is 0.385. The van der Waals surface area contributed by atoms with E-state index in [1.54, 1.807) is 0 Å². The lowest BCUT2D eigenvalue weighted by Gasteiger charge is -2.34. The predicted octanol–water partition coefficient (Wildman–Crippen LogP) is 3.38. The fourth-order valence-electron chi connectivity index (χ4n) is 4.44. The van der Waals surface area contributed by atoms with Crippen molar-refractivity contribution in [2.45, 2.75) is 33.2 Å². The second-order valence-corrected chi connectivity index (χ2v) is 8.50. The molecule has 2 aliphatic heterocycles. The van der Waals surface area contributed by atoms with Crippen LogP contribution in [0.4, 0.5) is 0 Å². The second-order valence-electron chi connectivity index (χ2n) is 8.50. The van der Waals surface area contributed by atoms with Gasteiger partial charge >= 0.3 is 0 Å². The monoisotopic (exact) mass is 434 g/mol. The van der Waals surface area contributed by atoms with Crippen LogP contribution in [0, 0.1) is 12.8 Å². The first kappa shape index (κ1) is 22.1. The number of rotatable bonds is 7. The smallest absolute Gasteiger partial charge is 0.278 e. The van der Waals surface area contributed by atoms with Crippen molar-refractivity contribution in [3.63, 3.8) is 0 Å². The third kappa shape index (κ3) is 4.41. The first-order valence-electron chi connectivity index (χ1n) is 11.3. The van der Waals surface area contributed by atoms with Crippen LogP contribution in [0.5, 0.6) is 5.75 Å². The zero-order valence-corrected chi connectivity index (χ0v) is 18.7. The Bertz CT molecular complexity index is 1010. The van der Waals surface area contributed by atoms with Crippen molar-refractivity contribution in [2.75, 3.05) is 26.3 Å². The summed E-state index contributed by atoms with van der Waals surface area (Å²) < 4.78 is 5.54. The molecule has 0 aromatic heterocycles. The molecular formula is C26H30N2O4. The molecule has 2 aromatic rings. The molecule has 0 saturated carbocycles. The van der Waals surface area contributed by atoms with E-state index < -0.39 is 0 Å². The Labute approximate surface area is 189 Å². The average Bonchev–Trinajstić information content (AvgIpc) is 3.06. The summed E-state index contributed by atoms with van der Waals surface area (Å²) in [4.78, 5) is 30.4. The summed E-state index contributed by atoms with van der Waals surface area (Å²) in [6.07, 6.45) is 1.80. The zero-order valence-electron chi connectivity index (χ0n) is 18.7. The lowest BCUT2D eigenvalue weighted by atomic mass is 9.97. The fourth-order valence-corrected chi connectivity index (χ4v) is 4.44. The normalized spacial score (nSPS) is 19.2. The molecule has 168 valence electrons. The zero-order chi connectivity index (χ0) is 22.7. The standard InChI is InChI=1S/C26H30N2O4/c1-3-32-22-12-10-21(11-13-22)23-24(27-14-4-5-20(15-27)17-29)26(31)28(25(23)30)16-19-8-6-18(2)7-9-19/h6-13,20,29H,3-5,14-17H2,1-2H3. The maximum atomic E-state index is 13.6. The number of carbonyl (C=O) groups excluding carboxylic acids is 2. The van der Waals surface area contributed by atoms with Crippen molar-refractivity contribution in [3.05, 3.63) is 70.9 Å². The molecule has 1 fully saturated rings. The molecule has 0 radical (unpaired) electrons. The Balaban J connectivity index is 1.70. The number of imide groups is 1. The van der Waals surface area contributed by atoms with Crippen LogP contribution in [-0.4, -0.2) is 53.0 Å². The Morgan fingerprint density at radius 1 is 1.03 bits per heavy atom. The molecule has 32 heavy (non-hydrogen) atoms. The number of nitrogens with zero attached hydrogens (tertiary/aromatic N) is 2. The van der Waals surface area contributed by atoms with Gasteiger partial charge in [0, 0.05) is 19.7 Å². The van der Waals surface area contributed by atoms with E-state index in [0.717, 1.165) is 29.7 Å². The van der Waals surface area contributed by atoms with Gasteiger partial charge in [-0.15, -0.1) is 0 Å². The largest absolute Gasteiger partial charge is 0.494 e. The van der Waals surface area contributed by atoms with E-state index >= 15 is 0 Å². The number of ether oxygens (including phenoxy) is 1. The molecule has 2 aromatic carbocycles. The Morgan fingerprint density at radius 2 is 1.75 bits per heavy atom. The number of likely N-dealkylation sites (tertiary alicyclic amines) is 1. The summed E-state index contributed by atoms with van der Waals surface area (Å²) in [6, 6.07) is 15.2. The summed E-state index contributed by atoms with van der Waals surface area (Å²) >= 11 is 0. The molecule has 1 N–H and O–H groups in total. The van der Waals surface area contributed by atoms with Crippen molar-refractivity contribution >= 4 is 17.4 Å². The van der Waals surface area contributed by atoms with Crippen molar-refractivity contribution in [3.8, 4) is 5.75 Å². The van der Waals surface area contributed by atoms with Gasteiger partial charge in [0.05, 0.1) is 18.7 Å². The summed E-state index contributed by atoms with van der Waals surface area (Å²) in [7, 11) is 0. The molecule has 6 heteroatoms. The number of aliphatic hydroxyl groups excluding tert-OH is 1. The first-order valence-corrected chi connectivity index (χ1v) is 11.3. The third-order valence-corrected chi connectivity index (χ3v) is 6.15. The van der Waals surface area contributed by atoms with Gasteiger partial charge in [-0.1, -0.05) is 42.0 Å². The van der Waals surface area contributed by atoms with Crippen LogP contribution in [0.1, 0.15) is 36.5 Å². The van der Waals surface area contributed by atoms with Crippen LogP contribution in [0.25, 0.3) is 5.57 Å². The van der Waals surface area contributed by atoms with Crippen molar-refractivity contribution in [1.82, 2.24) is 9.80 Å². The van der Waals surface area contributed by atoms with E-state index in [2.05, 4.69) is 0 Å². The highest BCUT2D eigenvalue weighted by Gasteiger charge is 2.42. The minimum atomic E-state index is -0.277. The molecule has 0 spiro atoms. The molecule has 1 unspecified atom stereocenters. The average molecular weight is 435 g/mol. The number of aryl methyl sites for hydroxylation is 1. The van der Waals surface area contributed by atoms with Crippen LogP contribution in [-0.2, 0) is 16.1 Å². The first-order chi connectivity index (χ1) is 15.5. The van der Waals surface area contributed by atoms with Gasteiger partial charge in [-0.05, 0) is 55.9 Å². The van der Waals surface area contributed by atoms with Crippen LogP contribution < -0.4 is 4.74 Å². The van der Waals surface area contributed by atoms with Gasteiger partial charge < -0.3 is 14.7 Å². The molecule has 6 nitrogen and oxygen atoms in total. The number of piperidine rings is 1. The highest BCUT2D eigenvalue weighted by molar-refractivity contribution is 6.35. The lowest BCUT2D eigenvalue weighted by Crippen LogP contribution is -2.40. The Hall–Kier alpha value is -3.12. The van der Waals surface area contributed by atoms with E-state index in [4.69, 9.17) is 4.74 Å². The highest BCUT2D eigenvalue weighted by atomic mass is 16.5. The van der Waals surface area contributed by atoms with Gasteiger partial charge in [0.25, 0.3) is 11.8 Å². The Morgan fingerprint density at radius 3 is 2.41 bits per heavy atom. The summed E-state index contributed by atoms with van der Waals surface area (Å²) in [5, 5.41) is 9.68. The Kier molecular flexibility index (Phi) is 6.61. The van der Waals surface area contributed by atoms with Crippen LogP contribution in [0.2, 0.25) is 0 Å². The maximum Gasteiger partial charge on any atom is 0.278 e. The molecular weight excluding hydrogens is 404 g/mol. The summed E-state index contributed by atoms with van der Waals surface area (Å²) in [6.45, 7) is 6.08. The van der Waals surface area contributed by atoms with E-state index in [-0.39, 0.29) is 30.9 Å². The molecule has 2 aliphatic rings. The third-order valence-electron chi connectivity index (χ3n) is 6.15. The molecule has 1 saturated heterocycles. The number of hydrogen-bond acceptors (Lipinski definition) is 5.